The largest absolute Gasteiger partial charge is 0.486 e. The van der Waals surface area contributed by atoms with E-state index in [1.807, 2.05) is 24.1 Å². The van der Waals surface area contributed by atoms with E-state index in [0.717, 1.165) is 30.8 Å². The van der Waals surface area contributed by atoms with Crippen molar-refractivity contribution in [2.45, 2.75) is 31.2 Å². The molecule has 0 aromatic heterocycles. The number of ether oxygens (including phenoxy) is 2. The van der Waals surface area contributed by atoms with E-state index < -0.39 is 0 Å². The highest BCUT2D eigenvalue weighted by molar-refractivity contribution is 5.81. The van der Waals surface area contributed by atoms with Crippen molar-refractivity contribution >= 4 is 5.91 Å². The van der Waals surface area contributed by atoms with Gasteiger partial charge >= 0.3 is 0 Å². The Hall–Kier alpha value is -1.71. The van der Waals surface area contributed by atoms with Gasteiger partial charge in [0.25, 0.3) is 0 Å². The average Bonchev–Trinajstić information content (AvgIpc) is 3.38. The summed E-state index contributed by atoms with van der Waals surface area (Å²) in [7, 11) is 1.94. The number of para-hydroxylation sites is 1. The van der Waals surface area contributed by atoms with Crippen molar-refractivity contribution in [3.63, 3.8) is 0 Å². The monoisotopic (exact) mass is 273 g/mol. The van der Waals surface area contributed by atoms with E-state index >= 15 is 0 Å². The highest BCUT2D eigenvalue weighted by Crippen LogP contribution is 2.51. The van der Waals surface area contributed by atoms with Crippen LogP contribution in [0.3, 0.4) is 0 Å². The van der Waals surface area contributed by atoms with Gasteiger partial charge in [-0.3, -0.25) is 4.79 Å². The lowest BCUT2D eigenvalue weighted by Crippen LogP contribution is -2.31. The van der Waals surface area contributed by atoms with Crippen LogP contribution in [0.15, 0.2) is 18.2 Å². The summed E-state index contributed by atoms with van der Waals surface area (Å²) in [6, 6.07) is 6.41. The Balaban J connectivity index is 1.53. The Morgan fingerprint density at radius 2 is 2.05 bits per heavy atom. The van der Waals surface area contributed by atoms with Crippen LogP contribution >= 0.6 is 0 Å². The molecule has 20 heavy (non-hydrogen) atoms. The summed E-state index contributed by atoms with van der Waals surface area (Å²) in [6.45, 7) is 1.23. The molecule has 2 aliphatic carbocycles. The number of fused-ring (bicyclic) bond motifs is 1. The van der Waals surface area contributed by atoms with Crippen LogP contribution < -0.4 is 9.47 Å². The molecule has 1 aromatic rings. The highest BCUT2D eigenvalue weighted by Gasteiger charge is 2.47. The Bertz CT molecular complexity index is 553. The van der Waals surface area contributed by atoms with E-state index in [1.165, 1.54) is 5.56 Å². The van der Waals surface area contributed by atoms with E-state index in [2.05, 4.69) is 6.07 Å². The minimum atomic E-state index is 0.297. The van der Waals surface area contributed by atoms with Crippen molar-refractivity contribution in [1.29, 1.82) is 0 Å². The van der Waals surface area contributed by atoms with Crippen molar-refractivity contribution in [1.82, 2.24) is 4.90 Å². The van der Waals surface area contributed by atoms with Gasteiger partial charge in [0.15, 0.2) is 11.5 Å². The van der Waals surface area contributed by atoms with Crippen molar-refractivity contribution < 1.29 is 14.3 Å². The van der Waals surface area contributed by atoms with Gasteiger partial charge in [-0.15, -0.1) is 0 Å². The molecule has 0 N–H and O–H groups in total. The fraction of sp³-hybridized carbons (Fsp3) is 0.562. The lowest BCUT2D eigenvalue weighted by molar-refractivity contribution is -0.131. The zero-order valence-corrected chi connectivity index (χ0v) is 11.7. The van der Waals surface area contributed by atoms with E-state index in [9.17, 15) is 4.79 Å². The Labute approximate surface area is 118 Å². The number of hydrogen-bond donors (Lipinski definition) is 0. The van der Waals surface area contributed by atoms with Gasteiger partial charge < -0.3 is 14.4 Å². The second-order valence-corrected chi connectivity index (χ2v) is 6.00. The molecule has 1 aromatic carbocycles. The van der Waals surface area contributed by atoms with E-state index in [0.29, 0.717) is 37.0 Å². The van der Waals surface area contributed by atoms with Gasteiger partial charge in [0, 0.05) is 30.5 Å². The molecule has 4 rings (SSSR count). The maximum Gasteiger partial charge on any atom is 0.225 e. The Morgan fingerprint density at radius 1 is 1.25 bits per heavy atom. The summed E-state index contributed by atoms with van der Waals surface area (Å²) in [4.78, 5) is 14.1. The minimum Gasteiger partial charge on any atom is -0.486 e. The van der Waals surface area contributed by atoms with Crippen molar-refractivity contribution in [3.05, 3.63) is 23.8 Å². The average molecular weight is 273 g/mol. The second kappa shape index (κ2) is 4.40. The molecule has 2 saturated carbocycles. The van der Waals surface area contributed by atoms with Gasteiger partial charge in [-0.05, 0) is 25.3 Å². The summed E-state index contributed by atoms with van der Waals surface area (Å²) >= 11 is 0. The molecule has 2 atom stereocenters. The molecule has 3 aliphatic rings. The van der Waals surface area contributed by atoms with Gasteiger partial charge in [0.1, 0.15) is 13.2 Å². The minimum absolute atomic E-state index is 0.297. The Morgan fingerprint density at radius 3 is 2.85 bits per heavy atom. The number of likely N-dealkylation sites (N-methyl/N-ethyl adjacent to an activating group) is 1. The Kier molecular flexibility index (Phi) is 2.65. The predicted molar refractivity (Wildman–Crippen MR) is 74.1 cm³/mol. The third kappa shape index (κ3) is 1.94. The van der Waals surface area contributed by atoms with Crippen molar-refractivity contribution in [2.75, 3.05) is 20.3 Å². The number of nitrogens with zero attached hydrogens (tertiary/aromatic N) is 1. The zero-order valence-electron chi connectivity index (χ0n) is 11.7. The molecule has 4 heteroatoms. The molecule has 4 nitrogen and oxygen atoms in total. The van der Waals surface area contributed by atoms with Crippen LogP contribution in [0.4, 0.5) is 0 Å². The van der Waals surface area contributed by atoms with Gasteiger partial charge in [-0.25, -0.2) is 0 Å². The van der Waals surface area contributed by atoms with Crippen molar-refractivity contribution in [3.8, 4) is 11.5 Å². The fourth-order valence-electron chi connectivity index (χ4n) is 3.11. The molecule has 0 radical (unpaired) electrons. The third-order valence-electron chi connectivity index (χ3n) is 4.52. The molecule has 1 aliphatic heterocycles. The maximum atomic E-state index is 12.1. The summed E-state index contributed by atoms with van der Waals surface area (Å²) in [6.07, 6.45) is 3.17. The highest BCUT2D eigenvalue weighted by atomic mass is 16.6. The van der Waals surface area contributed by atoms with Crippen LogP contribution in [0.1, 0.15) is 30.7 Å². The number of amides is 1. The van der Waals surface area contributed by atoms with Crippen molar-refractivity contribution in [2.24, 2.45) is 5.92 Å². The molecular formula is C16H19NO3. The molecule has 106 valence electrons. The molecule has 1 amide bonds. The number of hydrogen-bond acceptors (Lipinski definition) is 3. The number of benzene rings is 1. The fourth-order valence-corrected chi connectivity index (χ4v) is 3.11. The number of carbonyl (C=O) groups is 1. The molecule has 2 fully saturated rings. The van der Waals surface area contributed by atoms with Gasteiger partial charge in [0.2, 0.25) is 5.91 Å². The smallest absolute Gasteiger partial charge is 0.225 e. The summed E-state index contributed by atoms with van der Waals surface area (Å²) in [5, 5.41) is 0. The lowest BCUT2D eigenvalue weighted by Gasteiger charge is -2.22. The molecule has 0 spiro atoms. The molecular weight excluding hydrogens is 254 g/mol. The lowest BCUT2D eigenvalue weighted by atomic mass is 10.1. The van der Waals surface area contributed by atoms with Crippen LogP contribution in [0.2, 0.25) is 0 Å². The van der Waals surface area contributed by atoms with Gasteiger partial charge in [-0.2, -0.15) is 0 Å². The normalized spacial score (nSPS) is 27.1. The first-order valence-electron chi connectivity index (χ1n) is 7.41. The molecule has 2 unspecified atom stereocenters. The second-order valence-electron chi connectivity index (χ2n) is 6.00. The van der Waals surface area contributed by atoms with E-state index in [-0.39, 0.29) is 0 Å². The first kappa shape index (κ1) is 12.1. The first-order valence-corrected chi connectivity index (χ1v) is 7.41. The van der Waals surface area contributed by atoms with Gasteiger partial charge in [-0.1, -0.05) is 12.1 Å². The SMILES string of the molecule is CN(C(=O)C1CC1)C1CC1c1cccc2c1OCCO2. The van der Waals surface area contributed by atoms with Gasteiger partial charge in [0.05, 0.1) is 0 Å². The third-order valence-corrected chi connectivity index (χ3v) is 4.52. The molecule has 1 heterocycles. The van der Waals surface area contributed by atoms with Crippen LogP contribution in [0.5, 0.6) is 11.5 Å². The predicted octanol–water partition coefficient (Wildman–Crippen LogP) is 2.18. The topological polar surface area (TPSA) is 38.8 Å². The van der Waals surface area contributed by atoms with E-state index in [1.54, 1.807) is 0 Å². The zero-order chi connectivity index (χ0) is 13.7. The van der Waals surface area contributed by atoms with Crippen LogP contribution in [0.25, 0.3) is 0 Å². The van der Waals surface area contributed by atoms with Crippen LogP contribution in [-0.2, 0) is 4.79 Å². The maximum absolute atomic E-state index is 12.1. The quantitative estimate of drug-likeness (QED) is 0.847. The van der Waals surface area contributed by atoms with Crippen LogP contribution in [0, 0.1) is 5.92 Å². The number of carbonyl (C=O) groups excluding carboxylic acids is 1. The van der Waals surface area contributed by atoms with E-state index in [4.69, 9.17) is 9.47 Å². The molecule has 0 saturated heterocycles. The number of rotatable bonds is 3. The summed E-state index contributed by atoms with van der Waals surface area (Å²) in [5.74, 6) is 2.75. The standard InChI is InChI=1S/C16H19NO3/c1-17(16(18)10-5-6-10)13-9-12(13)11-3-2-4-14-15(11)20-8-7-19-14/h2-4,10,12-13H,5-9H2,1H3. The molecule has 0 bridgehead atoms. The first-order chi connectivity index (χ1) is 9.75. The summed E-state index contributed by atoms with van der Waals surface area (Å²) in [5.41, 5.74) is 1.20. The summed E-state index contributed by atoms with van der Waals surface area (Å²) < 4.78 is 11.4. The van der Waals surface area contributed by atoms with Crippen LogP contribution in [-0.4, -0.2) is 37.1 Å².